The van der Waals surface area contributed by atoms with Gasteiger partial charge in [0.2, 0.25) is 0 Å². The highest BCUT2D eigenvalue weighted by Gasteiger charge is 2.14. The van der Waals surface area contributed by atoms with Crippen molar-refractivity contribution in [1.82, 2.24) is 5.32 Å². The van der Waals surface area contributed by atoms with Crippen LogP contribution in [0.3, 0.4) is 0 Å². The normalized spacial score (nSPS) is 20.6. The van der Waals surface area contributed by atoms with Gasteiger partial charge in [-0.25, -0.2) is 0 Å². The molecule has 1 aliphatic heterocycles. The van der Waals surface area contributed by atoms with E-state index >= 15 is 0 Å². The van der Waals surface area contributed by atoms with Crippen LogP contribution in [0.25, 0.3) is 0 Å². The van der Waals surface area contributed by atoms with Gasteiger partial charge in [-0.15, -0.1) is 0 Å². The van der Waals surface area contributed by atoms with Crippen molar-refractivity contribution < 1.29 is 4.74 Å². The molecule has 2 nitrogen and oxygen atoms in total. The summed E-state index contributed by atoms with van der Waals surface area (Å²) in [5.74, 6) is 1.48. The lowest BCUT2D eigenvalue weighted by atomic mass is 9.97. The molecule has 0 amide bonds. The average molecular weight is 296 g/mol. The van der Waals surface area contributed by atoms with Crippen LogP contribution < -0.4 is 10.1 Å². The second-order valence-corrected chi connectivity index (χ2v) is 6.21. The Labute approximate surface area is 127 Å². The standard InChI is InChI=1S/C17H26ClNO/c1-3-13(2)16-12-14(18)7-8-17(16)20-11-9-15-6-4-5-10-19-15/h7-8,12-13,15,19H,3-6,9-11H2,1-2H3/t13-,15+/m0/s1. The predicted octanol–water partition coefficient (Wildman–Crippen LogP) is 4.76. The van der Waals surface area contributed by atoms with Crippen LogP contribution in [0.5, 0.6) is 5.75 Å². The molecule has 20 heavy (non-hydrogen) atoms. The van der Waals surface area contributed by atoms with Crippen LogP contribution in [0.2, 0.25) is 5.02 Å². The van der Waals surface area contributed by atoms with Gasteiger partial charge in [0.15, 0.2) is 0 Å². The number of hydrogen-bond donors (Lipinski definition) is 1. The maximum atomic E-state index is 6.11. The highest BCUT2D eigenvalue weighted by Crippen LogP contribution is 2.31. The first kappa shape index (κ1) is 15.7. The van der Waals surface area contributed by atoms with Gasteiger partial charge in [0.05, 0.1) is 6.61 Å². The lowest BCUT2D eigenvalue weighted by Crippen LogP contribution is -2.35. The van der Waals surface area contributed by atoms with Crippen LogP contribution in [0, 0.1) is 0 Å². The van der Waals surface area contributed by atoms with E-state index in [1.54, 1.807) is 0 Å². The van der Waals surface area contributed by atoms with Crippen molar-refractivity contribution in [1.29, 1.82) is 0 Å². The monoisotopic (exact) mass is 295 g/mol. The molecule has 1 aromatic carbocycles. The van der Waals surface area contributed by atoms with Crippen molar-refractivity contribution in [3.8, 4) is 5.75 Å². The zero-order chi connectivity index (χ0) is 14.4. The molecule has 1 aliphatic rings. The lowest BCUT2D eigenvalue weighted by molar-refractivity contribution is 0.265. The van der Waals surface area contributed by atoms with Gasteiger partial charge < -0.3 is 10.1 Å². The minimum absolute atomic E-state index is 0.483. The number of halogens is 1. The molecule has 1 aromatic rings. The third-order valence-electron chi connectivity index (χ3n) is 4.25. The van der Waals surface area contributed by atoms with Gasteiger partial charge in [-0.3, -0.25) is 0 Å². The molecular weight excluding hydrogens is 270 g/mol. The highest BCUT2D eigenvalue weighted by atomic mass is 35.5. The van der Waals surface area contributed by atoms with E-state index in [2.05, 4.69) is 19.2 Å². The number of rotatable bonds is 6. The SMILES string of the molecule is CC[C@H](C)c1cc(Cl)ccc1OCC[C@H]1CCCCN1. The van der Waals surface area contributed by atoms with E-state index in [9.17, 15) is 0 Å². The highest BCUT2D eigenvalue weighted by molar-refractivity contribution is 6.30. The van der Waals surface area contributed by atoms with E-state index in [1.165, 1.54) is 24.8 Å². The summed E-state index contributed by atoms with van der Waals surface area (Å²) in [4.78, 5) is 0. The number of benzene rings is 1. The second-order valence-electron chi connectivity index (χ2n) is 5.78. The summed E-state index contributed by atoms with van der Waals surface area (Å²) in [6.07, 6.45) is 6.12. The first-order chi connectivity index (χ1) is 9.70. The first-order valence-corrected chi connectivity index (χ1v) is 8.24. The zero-order valence-electron chi connectivity index (χ0n) is 12.6. The summed E-state index contributed by atoms with van der Waals surface area (Å²) in [5.41, 5.74) is 1.23. The van der Waals surface area contributed by atoms with Crippen LogP contribution in [0.15, 0.2) is 18.2 Å². The Kier molecular flexibility index (Phi) is 6.18. The Balaban J connectivity index is 1.91. The molecule has 0 radical (unpaired) electrons. The van der Waals surface area contributed by atoms with Gasteiger partial charge in [0.25, 0.3) is 0 Å². The molecule has 0 spiro atoms. The quantitative estimate of drug-likeness (QED) is 0.816. The van der Waals surface area contributed by atoms with E-state index < -0.39 is 0 Å². The van der Waals surface area contributed by atoms with Gasteiger partial charge in [-0.1, -0.05) is 31.9 Å². The van der Waals surface area contributed by atoms with Crippen molar-refractivity contribution in [2.24, 2.45) is 0 Å². The van der Waals surface area contributed by atoms with Crippen molar-refractivity contribution in [3.05, 3.63) is 28.8 Å². The van der Waals surface area contributed by atoms with Crippen molar-refractivity contribution in [2.45, 2.75) is 57.9 Å². The third-order valence-corrected chi connectivity index (χ3v) is 4.49. The molecule has 2 atom stereocenters. The van der Waals surface area contributed by atoms with Crippen LogP contribution in [-0.4, -0.2) is 19.2 Å². The van der Waals surface area contributed by atoms with E-state index in [-0.39, 0.29) is 0 Å². The molecule has 0 unspecified atom stereocenters. The van der Waals surface area contributed by atoms with E-state index in [0.717, 1.165) is 36.8 Å². The molecule has 0 aromatic heterocycles. The summed E-state index contributed by atoms with van der Waals surface area (Å²) >= 11 is 6.11. The average Bonchev–Trinajstić information content (AvgIpc) is 2.49. The molecule has 0 saturated carbocycles. The number of nitrogens with one attached hydrogen (secondary N) is 1. The van der Waals surface area contributed by atoms with Crippen molar-refractivity contribution in [3.63, 3.8) is 0 Å². The molecule has 2 rings (SSSR count). The Hall–Kier alpha value is -0.730. The van der Waals surface area contributed by atoms with Crippen LogP contribution in [0.1, 0.15) is 57.4 Å². The Morgan fingerprint density at radius 2 is 2.25 bits per heavy atom. The number of hydrogen-bond acceptors (Lipinski definition) is 2. The maximum absolute atomic E-state index is 6.11. The van der Waals surface area contributed by atoms with Gasteiger partial charge in [0.1, 0.15) is 5.75 Å². The summed E-state index contributed by atoms with van der Waals surface area (Å²) < 4.78 is 6.02. The Morgan fingerprint density at radius 1 is 1.40 bits per heavy atom. The second kappa shape index (κ2) is 7.90. The Morgan fingerprint density at radius 3 is 2.95 bits per heavy atom. The van der Waals surface area contributed by atoms with Crippen LogP contribution >= 0.6 is 11.6 Å². The van der Waals surface area contributed by atoms with Crippen molar-refractivity contribution in [2.75, 3.05) is 13.2 Å². The molecule has 1 saturated heterocycles. The third kappa shape index (κ3) is 4.39. The van der Waals surface area contributed by atoms with Gasteiger partial charge in [0, 0.05) is 11.1 Å². The topological polar surface area (TPSA) is 21.3 Å². The van der Waals surface area contributed by atoms with Gasteiger partial charge >= 0.3 is 0 Å². The summed E-state index contributed by atoms with van der Waals surface area (Å²) in [7, 11) is 0. The molecular formula is C17H26ClNO. The van der Waals surface area contributed by atoms with Crippen LogP contribution in [0.4, 0.5) is 0 Å². The predicted molar refractivity (Wildman–Crippen MR) is 85.9 cm³/mol. The minimum Gasteiger partial charge on any atom is -0.493 e. The molecule has 1 N–H and O–H groups in total. The van der Waals surface area contributed by atoms with E-state index in [1.807, 2.05) is 18.2 Å². The van der Waals surface area contributed by atoms with Crippen molar-refractivity contribution >= 4 is 11.6 Å². The smallest absolute Gasteiger partial charge is 0.122 e. The molecule has 112 valence electrons. The first-order valence-electron chi connectivity index (χ1n) is 7.86. The van der Waals surface area contributed by atoms with Gasteiger partial charge in [-0.2, -0.15) is 0 Å². The summed E-state index contributed by atoms with van der Waals surface area (Å²) in [6, 6.07) is 6.60. The lowest BCUT2D eigenvalue weighted by Gasteiger charge is -2.24. The van der Waals surface area contributed by atoms with Gasteiger partial charge in [-0.05, 0) is 61.9 Å². The molecule has 0 aliphatic carbocycles. The minimum atomic E-state index is 0.483. The summed E-state index contributed by atoms with van der Waals surface area (Å²) in [6.45, 7) is 6.36. The summed E-state index contributed by atoms with van der Waals surface area (Å²) in [5, 5.41) is 4.36. The number of piperidine rings is 1. The maximum Gasteiger partial charge on any atom is 0.122 e. The molecule has 0 bridgehead atoms. The largest absolute Gasteiger partial charge is 0.493 e. The van der Waals surface area contributed by atoms with E-state index in [4.69, 9.17) is 16.3 Å². The zero-order valence-corrected chi connectivity index (χ0v) is 13.4. The fourth-order valence-corrected chi connectivity index (χ4v) is 2.92. The Bertz CT molecular complexity index is 415. The molecule has 1 fully saturated rings. The fraction of sp³-hybridized carbons (Fsp3) is 0.647. The van der Waals surface area contributed by atoms with E-state index in [0.29, 0.717) is 12.0 Å². The fourth-order valence-electron chi connectivity index (χ4n) is 2.74. The molecule has 3 heteroatoms. The number of ether oxygens (including phenoxy) is 1. The molecule has 1 heterocycles. The van der Waals surface area contributed by atoms with Crippen LogP contribution in [-0.2, 0) is 0 Å².